The monoisotopic (exact) mass is 312 g/mol. The summed E-state index contributed by atoms with van der Waals surface area (Å²) < 4.78 is 0. The molecule has 1 aromatic carbocycles. The molecule has 2 rings (SSSR count). The van der Waals surface area contributed by atoms with E-state index in [0.29, 0.717) is 23.0 Å². The summed E-state index contributed by atoms with van der Waals surface area (Å²) in [6.07, 6.45) is 3.71. The Hall–Kier alpha value is -1.17. The summed E-state index contributed by atoms with van der Waals surface area (Å²) >= 11 is 6.05. The van der Waals surface area contributed by atoms with Crippen LogP contribution in [0.3, 0.4) is 0 Å². The first kappa shape index (κ1) is 16.2. The van der Waals surface area contributed by atoms with Gasteiger partial charge in [-0.2, -0.15) is 0 Å². The van der Waals surface area contributed by atoms with E-state index in [1.807, 2.05) is 0 Å². The molecule has 5 nitrogen and oxygen atoms in total. The molecule has 1 saturated carbocycles. The highest BCUT2D eigenvalue weighted by molar-refractivity contribution is 6.31. The number of rotatable bonds is 5. The first-order valence-corrected chi connectivity index (χ1v) is 7.64. The molecule has 0 spiro atoms. The van der Waals surface area contributed by atoms with Crippen molar-refractivity contribution in [3.63, 3.8) is 0 Å². The van der Waals surface area contributed by atoms with Crippen molar-refractivity contribution in [1.29, 1.82) is 0 Å². The molecule has 6 heteroatoms. The summed E-state index contributed by atoms with van der Waals surface area (Å²) in [5, 5.41) is 25.1. The average molecular weight is 313 g/mol. The minimum atomic E-state index is -0.715. The molecule has 0 amide bonds. The molecule has 0 saturated heterocycles. The normalized spacial score (nSPS) is 25.8. The minimum absolute atomic E-state index is 0.0130. The Morgan fingerprint density at radius 1 is 1.57 bits per heavy atom. The van der Waals surface area contributed by atoms with Gasteiger partial charge in [0.2, 0.25) is 0 Å². The van der Waals surface area contributed by atoms with E-state index in [1.54, 1.807) is 12.1 Å². The Balaban J connectivity index is 1.99. The van der Waals surface area contributed by atoms with E-state index in [2.05, 4.69) is 12.2 Å². The van der Waals surface area contributed by atoms with Crippen molar-refractivity contribution < 1.29 is 10.0 Å². The molecule has 1 aliphatic carbocycles. The van der Waals surface area contributed by atoms with E-state index in [-0.39, 0.29) is 12.2 Å². The van der Waals surface area contributed by atoms with Gasteiger partial charge in [-0.15, -0.1) is 0 Å². The SMILES string of the molecule is CC1CCCC(O)(CNCc2c(Cl)cccc2[N+](=O)[O-])C1. The molecule has 0 heterocycles. The zero-order chi connectivity index (χ0) is 15.5. The highest BCUT2D eigenvalue weighted by Crippen LogP contribution is 2.32. The Kier molecular flexibility index (Phi) is 5.19. The van der Waals surface area contributed by atoms with Crippen molar-refractivity contribution in [2.45, 2.75) is 44.8 Å². The van der Waals surface area contributed by atoms with Crippen molar-refractivity contribution in [2.75, 3.05) is 6.54 Å². The number of nitrogens with one attached hydrogen (secondary N) is 1. The number of halogens is 1. The van der Waals surface area contributed by atoms with E-state index >= 15 is 0 Å². The van der Waals surface area contributed by atoms with Crippen LogP contribution in [0.25, 0.3) is 0 Å². The fraction of sp³-hybridized carbons (Fsp3) is 0.600. The quantitative estimate of drug-likeness (QED) is 0.646. The maximum atomic E-state index is 11.0. The molecular weight excluding hydrogens is 292 g/mol. The third-order valence-electron chi connectivity index (χ3n) is 4.11. The standard InChI is InChI=1S/C15H21ClN2O3/c1-11-4-3-7-15(19,8-11)10-17-9-12-13(16)5-2-6-14(12)18(20)21/h2,5-6,11,17,19H,3-4,7-10H2,1H3. The number of benzene rings is 1. The molecule has 2 N–H and O–H groups in total. The maximum absolute atomic E-state index is 11.0. The van der Waals surface area contributed by atoms with Gasteiger partial charge in [-0.1, -0.05) is 37.4 Å². The largest absolute Gasteiger partial charge is 0.389 e. The van der Waals surface area contributed by atoms with E-state index in [0.717, 1.165) is 25.7 Å². The van der Waals surface area contributed by atoms with Crippen molar-refractivity contribution in [1.82, 2.24) is 5.32 Å². The molecular formula is C15H21ClN2O3. The van der Waals surface area contributed by atoms with Gasteiger partial charge in [0.1, 0.15) is 0 Å². The Labute approximate surface area is 129 Å². The van der Waals surface area contributed by atoms with Crippen molar-refractivity contribution >= 4 is 17.3 Å². The summed E-state index contributed by atoms with van der Waals surface area (Å²) in [4.78, 5) is 10.6. The van der Waals surface area contributed by atoms with Gasteiger partial charge < -0.3 is 10.4 Å². The van der Waals surface area contributed by atoms with Crippen LogP contribution in [-0.2, 0) is 6.54 Å². The Morgan fingerprint density at radius 2 is 2.33 bits per heavy atom. The molecule has 0 radical (unpaired) electrons. The van der Waals surface area contributed by atoms with E-state index in [1.165, 1.54) is 6.07 Å². The molecule has 1 aliphatic rings. The summed E-state index contributed by atoms with van der Waals surface area (Å²) in [6, 6.07) is 4.66. The molecule has 1 aromatic rings. The third-order valence-corrected chi connectivity index (χ3v) is 4.47. The molecule has 0 aromatic heterocycles. The Morgan fingerprint density at radius 3 is 3.00 bits per heavy atom. The molecule has 2 unspecified atom stereocenters. The van der Waals surface area contributed by atoms with Crippen LogP contribution in [0.1, 0.15) is 38.2 Å². The summed E-state index contributed by atoms with van der Waals surface area (Å²) in [5.74, 6) is 0.514. The lowest BCUT2D eigenvalue weighted by Crippen LogP contribution is -2.43. The number of nitro groups is 1. The van der Waals surface area contributed by atoms with E-state index in [9.17, 15) is 15.2 Å². The number of nitrogens with zero attached hydrogens (tertiary/aromatic N) is 1. The fourth-order valence-corrected chi connectivity index (χ4v) is 3.34. The number of hydrogen-bond donors (Lipinski definition) is 2. The van der Waals surface area contributed by atoms with Gasteiger partial charge >= 0.3 is 0 Å². The van der Waals surface area contributed by atoms with Gasteiger partial charge in [0.05, 0.1) is 21.1 Å². The molecule has 116 valence electrons. The fourth-order valence-electron chi connectivity index (χ4n) is 3.11. The van der Waals surface area contributed by atoms with E-state index in [4.69, 9.17) is 11.6 Å². The van der Waals surface area contributed by atoms with E-state index < -0.39 is 10.5 Å². The summed E-state index contributed by atoms with van der Waals surface area (Å²) in [7, 11) is 0. The number of hydrogen-bond acceptors (Lipinski definition) is 4. The molecule has 2 atom stereocenters. The predicted molar refractivity (Wildman–Crippen MR) is 82.4 cm³/mol. The predicted octanol–water partition coefficient (Wildman–Crippen LogP) is 3.28. The lowest BCUT2D eigenvalue weighted by atomic mass is 9.79. The zero-order valence-corrected chi connectivity index (χ0v) is 12.9. The first-order valence-electron chi connectivity index (χ1n) is 7.26. The minimum Gasteiger partial charge on any atom is -0.389 e. The lowest BCUT2D eigenvalue weighted by Gasteiger charge is -2.35. The molecule has 0 bridgehead atoms. The van der Waals surface area contributed by atoms with Crippen molar-refractivity contribution in [3.05, 3.63) is 38.9 Å². The van der Waals surface area contributed by atoms with Gasteiger partial charge in [0.25, 0.3) is 5.69 Å². The van der Waals surface area contributed by atoms with Gasteiger partial charge in [0.15, 0.2) is 0 Å². The topological polar surface area (TPSA) is 75.4 Å². The number of nitro benzene ring substituents is 1. The first-order chi connectivity index (χ1) is 9.91. The third kappa shape index (κ3) is 4.15. The molecule has 0 aliphatic heterocycles. The van der Waals surface area contributed by atoms with Crippen LogP contribution in [-0.4, -0.2) is 22.2 Å². The van der Waals surface area contributed by atoms with Crippen LogP contribution in [0.15, 0.2) is 18.2 Å². The second-order valence-corrected chi connectivity index (χ2v) is 6.43. The van der Waals surface area contributed by atoms with Crippen LogP contribution in [0.2, 0.25) is 5.02 Å². The molecule has 21 heavy (non-hydrogen) atoms. The Bertz CT molecular complexity index is 524. The zero-order valence-electron chi connectivity index (χ0n) is 12.1. The summed E-state index contributed by atoms with van der Waals surface area (Å²) in [6.45, 7) is 2.86. The lowest BCUT2D eigenvalue weighted by molar-refractivity contribution is -0.385. The van der Waals surface area contributed by atoms with Crippen LogP contribution < -0.4 is 5.32 Å². The highest BCUT2D eigenvalue weighted by atomic mass is 35.5. The summed E-state index contributed by atoms with van der Waals surface area (Å²) in [5.41, 5.74) is -0.233. The van der Waals surface area contributed by atoms with Crippen molar-refractivity contribution in [3.8, 4) is 0 Å². The van der Waals surface area contributed by atoms with Crippen LogP contribution >= 0.6 is 11.6 Å². The maximum Gasteiger partial charge on any atom is 0.275 e. The molecule has 1 fully saturated rings. The second kappa shape index (κ2) is 6.73. The smallest absolute Gasteiger partial charge is 0.275 e. The number of aliphatic hydroxyl groups is 1. The van der Waals surface area contributed by atoms with Crippen LogP contribution in [0, 0.1) is 16.0 Å². The van der Waals surface area contributed by atoms with Crippen LogP contribution in [0.5, 0.6) is 0 Å². The van der Waals surface area contributed by atoms with Gasteiger partial charge in [0, 0.05) is 19.2 Å². The van der Waals surface area contributed by atoms with Crippen molar-refractivity contribution in [2.24, 2.45) is 5.92 Å². The van der Waals surface area contributed by atoms with Crippen LogP contribution in [0.4, 0.5) is 5.69 Å². The van der Waals surface area contributed by atoms with Gasteiger partial charge in [-0.25, -0.2) is 0 Å². The highest BCUT2D eigenvalue weighted by Gasteiger charge is 2.32. The second-order valence-electron chi connectivity index (χ2n) is 6.02. The van der Waals surface area contributed by atoms with Gasteiger partial charge in [-0.3, -0.25) is 10.1 Å². The average Bonchev–Trinajstić information content (AvgIpc) is 2.39. The van der Waals surface area contributed by atoms with Gasteiger partial charge in [-0.05, 0) is 24.8 Å².